The SMILES string of the molecule is CC(=O)O[C@H](COc1ccc(CCO)cc1)CN(C(C)=O)C(C)C. The number of carbonyl (C=O) groups excluding carboxylic acids is 2. The molecular formula is C18H27NO5. The van der Waals surface area contributed by atoms with Crippen molar-refractivity contribution < 1.29 is 24.2 Å². The van der Waals surface area contributed by atoms with Crippen molar-refractivity contribution in [3.05, 3.63) is 29.8 Å². The molecule has 0 fully saturated rings. The third-order valence-electron chi connectivity index (χ3n) is 3.52. The van der Waals surface area contributed by atoms with Gasteiger partial charge in [0.05, 0.1) is 6.54 Å². The Labute approximate surface area is 143 Å². The first-order valence-electron chi connectivity index (χ1n) is 8.10. The molecule has 1 aromatic carbocycles. The highest BCUT2D eigenvalue weighted by Gasteiger charge is 2.21. The molecule has 0 radical (unpaired) electrons. The quantitative estimate of drug-likeness (QED) is 0.695. The maximum absolute atomic E-state index is 11.7. The van der Waals surface area contributed by atoms with Gasteiger partial charge < -0.3 is 19.5 Å². The zero-order valence-corrected chi connectivity index (χ0v) is 14.8. The van der Waals surface area contributed by atoms with Crippen LogP contribution in [-0.2, 0) is 20.7 Å². The van der Waals surface area contributed by atoms with Gasteiger partial charge in [-0.05, 0) is 38.0 Å². The molecule has 0 aliphatic rings. The third-order valence-corrected chi connectivity index (χ3v) is 3.52. The van der Waals surface area contributed by atoms with Crippen LogP contribution in [0.1, 0.15) is 33.3 Å². The van der Waals surface area contributed by atoms with E-state index in [4.69, 9.17) is 14.6 Å². The van der Waals surface area contributed by atoms with Gasteiger partial charge in [-0.15, -0.1) is 0 Å². The van der Waals surface area contributed by atoms with Crippen LogP contribution in [0.4, 0.5) is 0 Å². The predicted octanol–water partition coefficient (Wildman–Crippen LogP) is 1.79. The molecule has 0 heterocycles. The first kappa shape index (κ1) is 20.0. The molecule has 0 bridgehead atoms. The smallest absolute Gasteiger partial charge is 0.303 e. The summed E-state index contributed by atoms with van der Waals surface area (Å²) in [7, 11) is 0. The van der Waals surface area contributed by atoms with Gasteiger partial charge in [-0.1, -0.05) is 12.1 Å². The minimum absolute atomic E-state index is 0.0123. The van der Waals surface area contributed by atoms with Crippen LogP contribution in [-0.4, -0.2) is 53.8 Å². The van der Waals surface area contributed by atoms with Crippen molar-refractivity contribution in [2.45, 2.75) is 46.3 Å². The van der Waals surface area contributed by atoms with Gasteiger partial charge in [0.2, 0.25) is 5.91 Å². The highest BCUT2D eigenvalue weighted by molar-refractivity contribution is 5.73. The normalized spacial score (nSPS) is 11.9. The molecule has 1 N–H and O–H groups in total. The molecule has 0 aromatic heterocycles. The molecule has 0 aliphatic carbocycles. The molecule has 0 unspecified atom stereocenters. The highest BCUT2D eigenvalue weighted by atomic mass is 16.6. The Bertz CT molecular complexity index is 527. The largest absolute Gasteiger partial charge is 0.490 e. The Hall–Kier alpha value is -2.08. The molecule has 134 valence electrons. The number of hydrogen-bond acceptors (Lipinski definition) is 5. The first-order valence-corrected chi connectivity index (χ1v) is 8.10. The number of nitrogens with zero attached hydrogens (tertiary/aromatic N) is 1. The summed E-state index contributed by atoms with van der Waals surface area (Å²) in [5.74, 6) is 0.164. The second kappa shape index (κ2) is 9.93. The molecule has 0 aliphatic heterocycles. The predicted molar refractivity (Wildman–Crippen MR) is 90.8 cm³/mol. The summed E-state index contributed by atoms with van der Waals surface area (Å²) >= 11 is 0. The van der Waals surface area contributed by atoms with Crippen LogP contribution in [0.25, 0.3) is 0 Å². The Balaban J connectivity index is 2.68. The van der Waals surface area contributed by atoms with E-state index in [1.54, 1.807) is 17.0 Å². The summed E-state index contributed by atoms with van der Waals surface area (Å²) in [6, 6.07) is 7.38. The van der Waals surface area contributed by atoms with E-state index < -0.39 is 12.1 Å². The molecule has 1 rings (SSSR count). The second-order valence-corrected chi connectivity index (χ2v) is 5.93. The fraction of sp³-hybridized carbons (Fsp3) is 0.556. The highest BCUT2D eigenvalue weighted by Crippen LogP contribution is 2.14. The summed E-state index contributed by atoms with van der Waals surface area (Å²) in [5, 5.41) is 8.91. The average molecular weight is 337 g/mol. The number of aliphatic hydroxyl groups is 1. The number of carbonyl (C=O) groups is 2. The van der Waals surface area contributed by atoms with Gasteiger partial charge >= 0.3 is 5.97 Å². The fourth-order valence-corrected chi connectivity index (χ4v) is 2.35. The lowest BCUT2D eigenvalue weighted by molar-refractivity contribution is -0.151. The zero-order chi connectivity index (χ0) is 18.1. The first-order chi connectivity index (χ1) is 11.3. The second-order valence-electron chi connectivity index (χ2n) is 5.93. The summed E-state index contributed by atoms with van der Waals surface area (Å²) in [4.78, 5) is 24.6. The van der Waals surface area contributed by atoms with Crippen molar-refractivity contribution in [3.63, 3.8) is 0 Å². The van der Waals surface area contributed by atoms with Crippen molar-refractivity contribution in [2.24, 2.45) is 0 Å². The number of ether oxygens (including phenoxy) is 2. The van der Waals surface area contributed by atoms with Crippen LogP contribution in [0.5, 0.6) is 5.75 Å². The minimum atomic E-state index is -0.536. The molecule has 1 aromatic rings. The van der Waals surface area contributed by atoms with Gasteiger partial charge in [0, 0.05) is 26.5 Å². The summed E-state index contributed by atoms with van der Waals surface area (Å²) in [6.45, 7) is 7.20. The Morgan fingerprint density at radius 2 is 1.79 bits per heavy atom. The summed E-state index contributed by atoms with van der Waals surface area (Å²) in [5.41, 5.74) is 1.02. The molecule has 0 saturated carbocycles. The number of hydrogen-bond donors (Lipinski definition) is 1. The van der Waals surface area contributed by atoms with Crippen LogP contribution in [0.15, 0.2) is 24.3 Å². The van der Waals surface area contributed by atoms with Crippen LogP contribution in [0.2, 0.25) is 0 Å². The van der Waals surface area contributed by atoms with Crippen LogP contribution >= 0.6 is 0 Å². The van der Waals surface area contributed by atoms with Crippen LogP contribution < -0.4 is 4.74 Å². The lowest BCUT2D eigenvalue weighted by Crippen LogP contribution is -2.44. The Morgan fingerprint density at radius 1 is 1.17 bits per heavy atom. The molecule has 1 atom stereocenters. The lowest BCUT2D eigenvalue weighted by Gasteiger charge is -2.29. The molecule has 1 amide bonds. The van der Waals surface area contributed by atoms with Crippen LogP contribution in [0, 0.1) is 0 Å². The molecule has 0 saturated heterocycles. The lowest BCUT2D eigenvalue weighted by atomic mass is 10.1. The summed E-state index contributed by atoms with van der Waals surface area (Å²) < 4.78 is 11.0. The summed E-state index contributed by atoms with van der Waals surface area (Å²) in [6.07, 6.45) is 0.0594. The van der Waals surface area contributed by atoms with E-state index in [1.807, 2.05) is 26.0 Å². The maximum Gasteiger partial charge on any atom is 0.303 e. The molecule has 6 nitrogen and oxygen atoms in total. The van der Waals surface area contributed by atoms with E-state index in [9.17, 15) is 9.59 Å². The molecule has 24 heavy (non-hydrogen) atoms. The van der Waals surface area contributed by atoms with Gasteiger partial charge in [0.1, 0.15) is 12.4 Å². The van der Waals surface area contributed by atoms with Gasteiger partial charge in [-0.3, -0.25) is 9.59 Å². The molecule has 6 heteroatoms. The number of esters is 1. The third kappa shape index (κ3) is 7.00. The van der Waals surface area contributed by atoms with Gasteiger partial charge in [-0.2, -0.15) is 0 Å². The average Bonchev–Trinajstić information content (AvgIpc) is 2.50. The van der Waals surface area contributed by atoms with Crippen molar-refractivity contribution >= 4 is 11.9 Å². The van der Waals surface area contributed by atoms with Crippen molar-refractivity contribution in [3.8, 4) is 5.75 Å². The van der Waals surface area contributed by atoms with E-state index in [2.05, 4.69) is 0 Å². The van der Waals surface area contributed by atoms with E-state index in [-0.39, 0.29) is 31.7 Å². The topological polar surface area (TPSA) is 76.1 Å². The number of aliphatic hydroxyl groups excluding tert-OH is 1. The number of amides is 1. The maximum atomic E-state index is 11.7. The van der Waals surface area contributed by atoms with Gasteiger partial charge in [0.15, 0.2) is 6.10 Å². The molecule has 0 spiro atoms. The number of rotatable bonds is 9. The van der Waals surface area contributed by atoms with E-state index >= 15 is 0 Å². The monoisotopic (exact) mass is 337 g/mol. The standard InChI is InChI=1S/C18H27NO5/c1-13(2)19(14(3)21)11-18(24-15(4)22)12-23-17-7-5-16(6-8-17)9-10-20/h5-8,13,18,20H,9-12H2,1-4H3/t18-/m0/s1. The van der Waals surface area contributed by atoms with Crippen LogP contribution in [0.3, 0.4) is 0 Å². The Morgan fingerprint density at radius 3 is 2.25 bits per heavy atom. The van der Waals surface area contributed by atoms with E-state index in [0.29, 0.717) is 12.2 Å². The Kier molecular flexibility index (Phi) is 8.26. The van der Waals surface area contributed by atoms with Gasteiger partial charge in [0.25, 0.3) is 0 Å². The van der Waals surface area contributed by atoms with E-state index in [1.165, 1.54) is 13.8 Å². The zero-order valence-electron chi connectivity index (χ0n) is 14.8. The number of benzene rings is 1. The fourth-order valence-electron chi connectivity index (χ4n) is 2.35. The van der Waals surface area contributed by atoms with Crippen molar-refractivity contribution in [2.75, 3.05) is 19.8 Å². The van der Waals surface area contributed by atoms with E-state index in [0.717, 1.165) is 5.56 Å². The van der Waals surface area contributed by atoms with Gasteiger partial charge in [-0.25, -0.2) is 0 Å². The van der Waals surface area contributed by atoms with Crippen molar-refractivity contribution in [1.29, 1.82) is 0 Å². The molecular weight excluding hydrogens is 310 g/mol. The van der Waals surface area contributed by atoms with Crippen molar-refractivity contribution in [1.82, 2.24) is 4.90 Å². The minimum Gasteiger partial charge on any atom is -0.490 e.